The fourth-order valence-electron chi connectivity index (χ4n) is 0.998. The molecular formula is C10H16N2O2S. The molecule has 0 saturated heterocycles. The summed E-state index contributed by atoms with van der Waals surface area (Å²) in [6.07, 6.45) is 1.02. The Hall–Kier alpha value is -1.10. The molecular weight excluding hydrogens is 212 g/mol. The third kappa shape index (κ3) is 4.29. The lowest BCUT2D eigenvalue weighted by molar-refractivity contribution is 0.0691. The van der Waals surface area contributed by atoms with Gasteiger partial charge >= 0.3 is 5.97 Å². The van der Waals surface area contributed by atoms with Crippen molar-refractivity contribution in [1.82, 2.24) is 4.98 Å². The maximum atomic E-state index is 10.6. The van der Waals surface area contributed by atoms with Gasteiger partial charge in [0.05, 0.1) is 0 Å². The SMILES string of the molecule is CC(C)(C)CCNc1nc(C(=O)O)cs1. The molecule has 0 saturated carbocycles. The van der Waals surface area contributed by atoms with Crippen molar-refractivity contribution in [2.45, 2.75) is 27.2 Å². The van der Waals surface area contributed by atoms with Crippen molar-refractivity contribution in [2.75, 3.05) is 11.9 Å². The number of hydrogen-bond donors (Lipinski definition) is 2. The van der Waals surface area contributed by atoms with Crippen molar-refractivity contribution in [2.24, 2.45) is 5.41 Å². The summed E-state index contributed by atoms with van der Waals surface area (Å²) in [6.45, 7) is 7.31. The van der Waals surface area contributed by atoms with Gasteiger partial charge in [-0.2, -0.15) is 0 Å². The molecule has 1 rings (SSSR count). The summed E-state index contributed by atoms with van der Waals surface area (Å²) in [5.74, 6) is -0.977. The molecule has 0 spiro atoms. The minimum Gasteiger partial charge on any atom is -0.476 e. The van der Waals surface area contributed by atoms with Crippen LogP contribution in [0.5, 0.6) is 0 Å². The average Bonchev–Trinajstić information content (AvgIpc) is 2.50. The largest absolute Gasteiger partial charge is 0.476 e. The number of nitrogens with zero attached hydrogens (tertiary/aromatic N) is 1. The normalized spacial score (nSPS) is 11.4. The smallest absolute Gasteiger partial charge is 0.355 e. The number of nitrogens with one attached hydrogen (secondary N) is 1. The van der Waals surface area contributed by atoms with Gasteiger partial charge in [-0.1, -0.05) is 20.8 Å². The quantitative estimate of drug-likeness (QED) is 0.831. The fourth-order valence-corrected chi connectivity index (χ4v) is 1.71. The van der Waals surface area contributed by atoms with Crippen LogP contribution >= 0.6 is 11.3 Å². The van der Waals surface area contributed by atoms with Gasteiger partial charge in [0.15, 0.2) is 10.8 Å². The van der Waals surface area contributed by atoms with Crippen molar-refractivity contribution >= 4 is 22.4 Å². The van der Waals surface area contributed by atoms with Crippen LogP contribution in [0.1, 0.15) is 37.7 Å². The summed E-state index contributed by atoms with van der Waals surface area (Å²) in [5.41, 5.74) is 0.387. The van der Waals surface area contributed by atoms with E-state index in [-0.39, 0.29) is 11.1 Å². The van der Waals surface area contributed by atoms with E-state index < -0.39 is 5.97 Å². The summed E-state index contributed by atoms with van der Waals surface area (Å²) >= 11 is 1.33. The predicted octanol–water partition coefficient (Wildman–Crippen LogP) is 2.69. The molecule has 4 nitrogen and oxygen atoms in total. The van der Waals surface area contributed by atoms with Crippen LogP contribution in [0.4, 0.5) is 5.13 Å². The second kappa shape index (κ2) is 4.61. The second-order valence-electron chi connectivity index (χ2n) is 4.58. The van der Waals surface area contributed by atoms with Crippen molar-refractivity contribution in [3.8, 4) is 0 Å². The lowest BCUT2D eigenvalue weighted by atomic mass is 9.92. The minimum absolute atomic E-state index is 0.109. The Morgan fingerprint density at radius 2 is 2.27 bits per heavy atom. The molecule has 0 aromatic carbocycles. The minimum atomic E-state index is -0.977. The number of aromatic nitrogens is 1. The average molecular weight is 228 g/mol. The van der Waals surface area contributed by atoms with Gasteiger partial charge in [-0.25, -0.2) is 9.78 Å². The van der Waals surface area contributed by atoms with Gasteiger partial charge in [-0.15, -0.1) is 11.3 Å². The highest BCUT2D eigenvalue weighted by Gasteiger charge is 2.11. The lowest BCUT2D eigenvalue weighted by Gasteiger charge is -2.17. The summed E-state index contributed by atoms with van der Waals surface area (Å²) in [6, 6.07) is 0. The van der Waals surface area contributed by atoms with Crippen LogP contribution in [0.25, 0.3) is 0 Å². The van der Waals surface area contributed by atoms with Crippen LogP contribution in [0.15, 0.2) is 5.38 Å². The van der Waals surface area contributed by atoms with E-state index in [1.807, 2.05) is 0 Å². The topological polar surface area (TPSA) is 62.2 Å². The molecule has 0 fully saturated rings. The van der Waals surface area contributed by atoms with E-state index >= 15 is 0 Å². The molecule has 0 unspecified atom stereocenters. The maximum absolute atomic E-state index is 10.6. The van der Waals surface area contributed by atoms with E-state index in [0.717, 1.165) is 13.0 Å². The van der Waals surface area contributed by atoms with Gasteiger partial charge in [0.1, 0.15) is 0 Å². The summed E-state index contributed by atoms with van der Waals surface area (Å²) in [5, 5.41) is 14.0. The van der Waals surface area contributed by atoms with E-state index in [2.05, 4.69) is 31.1 Å². The highest BCUT2D eigenvalue weighted by atomic mass is 32.1. The summed E-state index contributed by atoms with van der Waals surface area (Å²) < 4.78 is 0. The molecule has 15 heavy (non-hydrogen) atoms. The van der Waals surface area contributed by atoms with Crippen LogP contribution < -0.4 is 5.32 Å². The molecule has 0 aliphatic heterocycles. The number of thiazole rings is 1. The van der Waals surface area contributed by atoms with E-state index in [9.17, 15) is 4.79 Å². The highest BCUT2D eigenvalue weighted by molar-refractivity contribution is 7.13. The van der Waals surface area contributed by atoms with E-state index in [1.54, 1.807) is 5.38 Å². The molecule has 84 valence electrons. The Bertz CT molecular complexity index is 341. The Morgan fingerprint density at radius 3 is 2.73 bits per heavy atom. The van der Waals surface area contributed by atoms with Gasteiger partial charge in [0.25, 0.3) is 0 Å². The van der Waals surface area contributed by atoms with Crippen molar-refractivity contribution in [1.29, 1.82) is 0 Å². The predicted molar refractivity (Wildman–Crippen MR) is 61.6 cm³/mol. The Labute approximate surface area is 93.4 Å². The Kier molecular flexibility index (Phi) is 3.68. The standard InChI is InChI=1S/C10H16N2O2S/c1-10(2,3)4-5-11-9-12-7(6-15-9)8(13)14/h6H,4-5H2,1-3H3,(H,11,12)(H,13,14). The van der Waals surface area contributed by atoms with Gasteiger partial charge in [-0.05, 0) is 11.8 Å². The molecule has 1 aromatic rings. The third-order valence-electron chi connectivity index (χ3n) is 1.87. The molecule has 1 aromatic heterocycles. The first-order valence-corrected chi connectivity index (χ1v) is 5.69. The first kappa shape index (κ1) is 12.0. The number of carboxylic acids is 1. The van der Waals surface area contributed by atoms with Crippen molar-refractivity contribution in [3.05, 3.63) is 11.1 Å². The number of carbonyl (C=O) groups is 1. The Balaban J connectivity index is 2.41. The van der Waals surface area contributed by atoms with E-state index in [4.69, 9.17) is 5.11 Å². The van der Waals surface area contributed by atoms with Crippen molar-refractivity contribution in [3.63, 3.8) is 0 Å². The maximum Gasteiger partial charge on any atom is 0.355 e. The molecule has 0 bridgehead atoms. The third-order valence-corrected chi connectivity index (χ3v) is 2.67. The van der Waals surface area contributed by atoms with Crippen LogP contribution in [0.2, 0.25) is 0 Å². The molecule has 1 heterocycles. The summed E-state index contributed by atoms with van der Waals surface area (Å²) in [7, 11) is 0. The van der Waals surface area contributed by atoms with Gasteiger partial charge < -0.3 is 10.4 Å². The molecule has 5 heteroatoms. The monoisotopic (exact) mass is 228 g/mol. The van der Waals surface area contributed by atoms with Gasteiger partial charge in [0, 0.05) is 11.9 Å². The van der Waals surface area contributed by atoms with Gasteiger partial charge in [0.2, 0.25) is 0 Å². The van der Waals surface area contributed by atoms with E-state index in [0.29, 0.717) is 5.13 Å². The zero-order chi connectivity index (χ0) is 11.5. The van der Waals surface area contributed by atoms with Crippen LogP contribution in [0.3, 0.4) is 0 Å². The van der Waals surface area contributed by atoms with E-state index in [1.165, 1.54) is 11.3 Å². The lowest BCUT2D eigenvalue weighted by Crippen LogP contribution is -2.12. The fraction of sp³-hybridized carbons (Fsp3) is 0.600. The van der Waals surface area contributed by atoms with Gasteiger partial charge in [-0.3, -0.25) is 0 Å². The number of carboxylic acid groups (broad SMARTS) is 1. The van der Waals surface area contributed by atoms with Crippen LogP contribution in [0, 0.1) is 5.41 Å². The second-order valence-corrected chi connectivity index (χ2v) is 5.44. The molecule has 0 amide bonds. The highest BCUT2D eigenvalue weighted by Crippen LogP contribution is 2.20. The van der Waals surface area contributed by atoms with Crippen LogP contribution in [-0.2, 0) is 0 Å². The molecule has 0 radical (unpaired) electrons. The molecule has 0 atom stereocenters. The first-order chi connectivity index (χ1) is 6.88. The summed E-state index contributed by atoms with van der Waals surface area (Å²) in [4.78, 5) is 14.5. The van der Waals surface area contributed by atoms with Crippen molar-refractivity contribution < 1.29 is 9.90 Å². The number of rotatable bonds is 4. The zero-order valence-electron chi connectivity index (χ0n) is 9.20. The van der Waals surface area contributed by atoms with Crippen LogP contribution in [-0.4, -0.2) is 22.6 Å². The molecule has 0 aliphatic rings. The number of anilines is 1. The first-order valence-electron chi connectivity index (χ1n) is 4.81. The Morgan fingerprint density at radius 1 is 1.60 bits per heavy atom. The number of hydrogen-bond acceptors (Lipinski definition) is 4. The molecule has 2 N–H and O–H groups in total. The zero-order valence-corrected chi connectivity index (χ0v) is 10.0. The molecule has 0 aliphatic carbocycles. The number of aromatic carboxylic acids is 1.